The van der Waals surface area contributed by atoms with Gasteiger partial charge in [0.15, 0.2) is 5.03 Å². The lowest BCUT2D eigenvalue weighted by atomic mass is 10.2. The van der Waals surface area contributed by atoms with Crippen LogP contribution in [0, 0.1) is 10.1 Å². The van der Waals surface area contributed by atoms with Crippen LogP contribution in [-0.2, 0) is 10.0 Å². The normalized spacial score (nSPS) is 11.4. The number of nitro groups is 1. The zero-order chi connectivity index (χ0) is 14.8. The molecule has 1 aromatic carbocycles. The van der Waals surface area contributed by atoms with Crippen LogP contribution in [0.2, 0.25) is 0 Å². The molecule has 0 saturated heterocycles. The quantitative estimate of drug-likeness (QED) is 0.512. The topological polar surface area (TPSA) is 102 Å². The van der Waals surface area contributed by atoms with Crippen molar-refractivity contribution in [3.63, 3.8) is 0 Å². The second kappa shape index (κ2) is 5.35. The summed E-state index contributed by atoms with van der Waals surface area (Å²) in [5, 5.41) is 11.0. The van der Waals surface area contributed by atoms with E-state index in [-0.39, 0.29) is 22.8 Å². The van der Waals surface area contributed by atoms with E-state index >= 15 is 0 Å². The Kier molecular flexibility index (Phi) is 3.77. The van der Waals surface area contributed by atoms with Gasteiger partial charge in [0.1, 0.15) is 0 Å². The van der Waals surface area contributed by atoms with E-state index in [0.29, 0.717) is 5.39 Å². The smallest absolute Gasteiger partial charge is 0.258 e. The molecule has 1 N–H and O–H groups in total. The number of benzene rings is 1. The monoisotopic (exact) mass is 293 g/mol. The molecule has 0 aliphatic heterocycles. The predicted octanol–water partition coefficient (Wildman–Crippen LogP) is 1.61. The molecule has 0 unspecified atom stereocenters. The summed E-state index contributed by atoms with van der Waals surface area (Å²) in [6.45, 7) is 3.42. The summed E-state index contributed by atoms with van der Waals surface area (Å²) in [5.74, 6) is 0. The Hall–Kier alpha value is -2.32. The van der Waals surface area contributed by atoms with Gasteiger partial charge in [-0.05, 0) is 12.1 Å². The van der Waals surface area contributed by atoms with Crippen molar-refractivity contribution in [2.45, 2.75) is 5.03 Å². The Morgan fingerprint density at radius 3 is 2.75 bits per heavy atom. The average molecular weight is 293 g/mol. The van der Waals surface area contributed by atoms with Crippen LogP contribution in [-0.4, -0.2) is 24.9 Å². The van der Waals surface area contributed by atoms with Crippen LogP contribution in [0.25, 0.3) is 10.9 Å². The minimum absolute atomic E-state index is 0.0185. The third-order valence-corrected chi connectivity index (χ3v) is 3.87. The van der Waals surface area contributed by atoms with E-state index < -0.39 is 14.9 Å². The van der Waals surface area contributed by atoms with Gasteiger partial charge in [-0.15, -0.1) is 6.58 Å². The van der Waals surface area contributed by atoms with E-state index in [4.69, 9.17) is 0 Å². The summed E-state index contributed by atoms with van der Waals surface area (Å²) in [6, 6.07) is 7.25. The first-order valence-corrected chi connectivity index (χ1v) is 7.09. The van der Waals surface area contributed by atoms with Crippen molar-refractivity contribution in [2.24, 2.45) is 0 Å². The Balaban J connectivity index is 2.67. The molecule has 2 aromatic rings. The first kappa shape index (κ1) is 14.1. The molecule has 1 aromatic heterocycles. The van der Waals surface area contributed by atoms with Crippen LogP contribution < -0.4 is 4.72 Å². The molecule has 0 fully saturated rings. The number of para-hydroxylation sites is 1. The molecular formula is C12H11N3O4S. The zero-order valence-electron chi connectivity index (χ0n) is 10.3. The second-order valence-corrected chi connectivity index (χ2v) is 5.61. The van der Waals surface area contributed by atoms with E-state index in [1.165, 1.54) is 18.2 Å². The molecule has 2 rings (SSSR count). The van der Waals surface area contributed by atoms with E-state index in [1.54, 1.807) is 12.1 Å². The average Bonchev–Trinajstić information content (AvgIpc) is 2.43. The molecule has 104 valence electrons. The lowest BCUT2D eigenvalue weighted by Gasteiger charge is -2.06. The Bertz CT molecular complexity index is 786. The molecule has 0 radical (unpaired) electrons. The van der Waals surface area contributed by atoms with Crippen molar-refractivity contribution in [3.8, 4) is 0 Å². The molecular weight excluding hydrogens is 282 g/mol. The maximum atomic E-state index is 12.0. The number of rotatable bonds is 5. The molecule has 7 nitrogen and oxygen atoms in total. The zero-order valence-corrected chi connectivity index (χ0v) is 11.1. The lowest BCUT2D eigenvalue weighted by molar-refractivity contribution is -0.383. The van der Waals surface area contributed by atoms with Crippen LogP contribution in [0.1, 0.15) is 0 Å². The highest BCUT2D eigenvalue weighted by atomic mass is 32.2. The summed E-state index contributed by atoms with van der Waals surface area (Å²) in [6.07, 6.45) is 1.37. The molecule has 0 aliphatic rings. The van der Waals surface area contributed by atoms with Crippen LogP contribution in [0.5, 0.6) is 0 Å². The van der Waals surface area contributed by atoms with Gasteiger partial charge in [0.25, 0.3) is 15.7 Å². The fraction of sp³-hybridized carbons (Fsp3) is 0.0833. The summed E-state index contributed by atoms with van der Waals surface area (Å²) >= 11 is 0. The first-order chi connectivity index (χ1) is 9.45. The SMILES string of the molecule is C=CCNS(=O)(=O)c1cc([N+](=O)[O-])c2ccccc2n1. The van der Waals surface area contributed by atoms with Gasteiger partial charge in [-0.2, -0.15) is 0 Å². The third kappa shape index (κ3) is 2.65. The van der Waals surface area contributed by atoms with Crippen molar-refractivity contribution in [1.82, 2.24) is 9.71 Å². The highest BCUT2D eigenvalue weighted by molar-refractivity contribution is 7.89. The third-order valence-electron chi connectivity index (χ3n) is 2.56. The van der Waals surface area contributed by atoms with Gasteiger partial charge in [0.2, 0.25) is 0 Å². The molecule has 1 heterocycles. The summed E-state index contributed by atoms with van der Waals surface area (Å²) in [4.78, 5) is 14.4. The highest BCUT2D eigenvalue weighted by Crippen LogP contribution is 2.26. The molecule has 0 saturated carbocycles. The van der Waals surface area contributed by atoms with Crippen molar-refractivity contribution in [3.05, 3.63) is 53.1 Å². The standard InChI is InChI=1S/C12H11N3O4S/c1-2-7-13-20(18,19)12-8-11(15(16)17)9-5-3-4-6-10(9)14-12/h2-6,8,13H,1,7H2. The molecule has 0 bridgehead atoms. The fourth-order valence-corrected chi connectivity index (χ4v) is 2.64. The Labute approximate surface area is 115 Å². The molecule has 8 heteroatoms. The number of nitrogens with zero attached hydrogens (tertiary/aromatic N) is 2. The van der Waals surface area contributed by atoms with Gasteiger partial charge in [-0.1, -0.05) is 18.2 Å². The molecule has 0 aliphatic carbocycles. The van der Waals surface area contributed by atoms with E-state index in [0.717, 1.165) is 6.07 Å². The number of sulfonamides is 1. The van der Waals surface area contributed by atoms with Crippen molar-refractivity contribution in [2.75, 3.05) is 6.54 Å². The number of hydrogen-bond acceptors (Lipinski definition) is 5. The Morgan fingerprint density at radius 1 is 1.40 bits per heavy atom. The minimum atomic E-state index is -3.91. The Morgan fingerprint density at radius 2 is 2.10 bits per heavy atom. The number of aromatic nitrogens is 1. The van der Waals surface area contributed by atoms with Gasteiger partial charge < -0.3 is 0 Å². The van der Waals surface area contributed by atoms with Gasteiger partial charge >= 0.3 is 0 Å². The lowest BCUT2D eigenvalue weighted by Crippen LogP contribution is -2.24. The molecule has 0 atom stereocenters. The van der Waals surface area contributed by atoms with Crippen LogP contribution >= 0.6 is 0 Å². The van der Waals surface area contributed by atoms with Crippen molar-refractivity contribution in [1.29, 1.82) is 0 Å². The van der Waals surface area contributed by atoms with Crippen LogP contribution in [0.15, 0.2) is 48.0 Å². The van der Waals surface area contributed by atoms with E-state index in [1.807, 2.05) is 0 Å². The van der Waals surface area contributed by atoms with E-state index in [2.05, 4.69) is 16.3 Å². The van der Waals surface area contributed by atoms with Gasteiger partial charge in [-0.3, -0.25) is 10.1 Å². The fourth-order valence-electron chi connectivity index (χ4n) is 1.66. The van der Waals surface area contributed by atoms with E-state index in [9.17, 15) is 18.5 Å². The summed E-state index contributed by atoms with van der Waals surface area (Å²) in [7, 11) is -3.91. The van der Waals surface area contributed by atoms with Crippen LogP contribution in [0.3, 0.4) is 0 Å². The predicted molar refractivity (Wildman–Crippen MR) is 73.8 cm³/mol. The largest absolute Gasteiger partial charge is 0.281 e. The number of fused-ring (bicyclic) bond motifs is 1. The highest BCUT2D eigenvalue weighted by Gasteiger charge is 2.22. The van der Waals surface area contributed by atoms with Gasteiger partial charge in [0, 0.05) is 6.54 Å². The summed E-state index contributed by atoms with van der Waals surface area (Å²) in [5.41, 5.74) is -0.0461. The molecule has 0 amide bonds. The van der Waals surface area contributed by atoms with Gasteiger partial charge in [0.05, 0.1) is 21.9 Å². The second-order valence-electron chi connectivity index (χ2n) is 3.89. The molecule has 0 spiro atoms. The molecule has 20 heavy (non-hydrogen) atoms. The maximum absolute atomic E-state index is 12.0. The number of hydrogen-bond donors (Lipinski definition) is 1. The van der Waals surface area contributed by atoms with Crippen LogP contribution in [0.4, 0.5) is 5.69 Å². The first-order valence-electron chi connectivity index (χ1n) is 5.60. The van der Waals surface area contributed by atoms with Crippen molar-refractivity contribution >= 4 is 26.6 Å². The minimum Gasteiger partial charge on any atom is -0.258 e. The number of pyridine rings is 1. The summed E-state index contributed by atoms with van der Waals surface area (Å²) < 4.78 is 26.2. The van der Waals surface area contributed by atoms with Crippen molar-refractivity contribution < 1.29 is 13.3 Å². The maximum Gasteiger partial charge on any atom is 0.281 e. The van der Waals surface area contributed by atoms with Gasteiger partial charge in [-0.25, -0.2) is 18.1 Å². The number of nitrogens with one attached hydrogen (secondary N) is 1.